The molecule has 0 N–H and O–H groups in total. The smallest absolute Gasteiger partial charge is 0.0882 e. The zero-order chi connectivity index (χ0) is 7.40. The summed E-state index contributed by atoms with van der Waals surface area (Å²) in [4.78, 5) is 0. The molecule has 0 nitrogen and oxygen atoms in total. The van der Waals surface area contributed by atoms with Gasteiger partial charge in [-0.05, 0) is 25.7 Å². The average Bonchev–Trinajstić information content (AvgIpc) is 1.92. The third-order valence-corrected chi connectivity index (χ3v) is 2.45. The van der Waals surface area contributed by atoms with Crippen LogP contribution in [0.15, 0.2) is 22.2 Å². The molecule has 1 aliphatic carbocycles. The quantitative estimate of drug-likeness (QED) is 0.443. The van der Waals surface area contributed by atoms with Gasteiger partial charge in [0.1, 0.15) is 0 Å². The third kappa shape index (κ3) is 4.20. The Morgan fingerprint density at radius 2 is 1.27 bits per heavy atom. The van der Waals surface area contributed by atoms with Crippen LogP contribution >= 0.6 is 23.2 Å². The van der Waals surface area contributed by atoms with Crippen molar-refractivity contribution in [3.63, 3.8) is 0 Å². The van der Waals surface area contributed by atoms with Crippen LogP contribution in [0.4, 0.5) is 0 Å². The second kappa shape index (κ2) is 6.11. The van der Waals surface area contributed by atoms with Crippen LogP contribution in [0.5, 0.6) is 0 Å². The van der Waals surface area contributed by atoms with Gasteiger partial charge in [0.15, 0.2) is 0 Å². The minimum atomic E-state index is 0. The van der Waals surface area contributed by atoms with Crippen LogP contribution in [0.25, 0.3) is 0 Å². The Morgan fingerprint density at radius 1 is 0.909 bits per heavy atom. The van der Waals surface area contributed by atoms with Crippen LogP contribution in [0.2, 0.25) is 0 Å². The van der Waals surface area contributed by atoms with Gasteiger partial charge in [-0.2, -0.15) is 0 Å². The summed E-state index contributed by atoms with van der Waals surface area (Å²) in [7, 11) is 0. The number of halogens is 2. The topological polar surface area (TPSA) is 0 Å². The van der Waals surface area contributed by atoms with Gasteiger partial charge < -0.3 is 0 Å². The number of hydrogen-bond donors (Lipinski definition) is 0. The Hall–Kier alpha value is 0.554. The SMILES string of the molecule is ClC1=C(Cl)CCC=CCC1.[Ni+2]. The van der Waals surface area contributed by atoms with Crippen LogP contribution in [0.1, 0.15) is 25.7 Å². The molecule has 0 saturated heterocycles. The first-order valence-corrected chi connectivity index (χ1v) is 4.24. The predicted octanol–water partition coefficient (Wildman–Crippen LogP) is 3.80. The summed E-state index contributed by atoms with van der Waals surface area (Å²) in [5, 5.41) is 1.68. The second-order valence-electron chi connectivity index (χ2n) is 2.36. The van der Waals surface area contributed by atoms with E-state index in [2.05, 4.69) is 12.2 Å². The van der Waals surface area contributed by atoms with Crippen molar-refractivity contribution in [2.75, 3.05) is 0 Å². The molecule has 0 aromatic rings. The fourth-order valence-electron chi connectivity index (χ4n) is 0.927. The van der Waals surface area contributed by atoms with E-state index in [4.69, 9.17) is 23.2 Å². The van der Waals surface area contributed by atoms with E-state index in [-0.39, 0.29) is 16.5 Å². The van der Waals surface area contributed by atoms with Crippen molar-refractivity contribution >= 4 is 23.2 Å². The Bertz CT molecular complexity index is 155. The molecule has 0 radical (unpaired) electrons. The Kier molecular flexibility index (Phi) is 6.42. The molecule has 0 aromatic heterocycles. The summed E-state index contributed by atoms with van der Waals surface area (Å²) in [6, 6.07) is 0. The van der Waals surface area contributed by atoms with Crippen molar-refractivity contribution in [1.29, 1.82) is 0 Å². The minimum Gasteiger partial charge on any atom is -0.0882 e. The van der Waals surface area contributed by atoms with Gasteiger partial charge in [-0.15, -0.1) is 0 Å². The zero-order valence-electron chi connectivity index (χ0n) is 6.06. The van der Waals surface area contributed by atoms with Crippen LogP contribution < -0.4 is 0 Å². The molecule has 3 heteroatoms. The van der Waals surface area contributed by atoms with Gasteiger partial charge in [0, 0.05) is 10.1 Å². The molecule has 0 unspecified atom stereocenters. The van der Waals surface area contributed by atoms with Gasteiger partial charge in [-0.3, -0.25) is 0 Å². The Balaban J connectivity index is 0.000001000. The molecule has 1 aliphatic rings. The average molecular weight is 236 g/mol. The van der Waals surface area contributed by atoms with Crippen molar-refractivity contribution in [3.05, 3.63) is 22.2 Å². The Morgan fingerprint density at radius 3 is 1.64 bits per heavy atom. The van der Waals surface area contributed by atoms with E-state index in [0.717, 1.165) is 35.7 Å². The number of rotatable bonds is 0. The molecule has 0 spiro atoms. The first-order valence-electron chi connectivity index (χ1n) is 3.48. The van der Waals surface area contributed by atoms with Crippen molar-refractivity contribution in [1.82, 2.24) is 0 Å². The summed E-state index contributed by atoms with van der Waals surface area (Å²) < 4.78 is 0. The van der Waals surface area contributed by atoms with Crippen molar-refractivity contribution in [2.24, 2.45) is 0 Å². The van der Waals surface area contributed by atoms with E-state index in [1.54, 1.807) is 0 Å². The molecule has 1 rings (SSSR count). The minimum absolute atomic E-state index is 0. The van der Waals surface area contributed by atoms with E-state index >= 15 is 0 Å². The summed E-state index contributed by atoms with van der Waals surface area (Å²) in [6.45, 7) is 0. The maximum atomic E-state index is 5.86. The molecule has 0 aromatic carbocycles. The monoisotopic (exact) mass is 234 g/mol. The van der Waals surface area contributed by atoms with Crippen molar-refractivity contribution in [2.45, 2.75) is 25.7 Å². The van der Waals surface area contributed by atoms with Gasteiger partial charge in [0.05, 0.1) is 0 Å². The molecular formula is C8H10Cl2Ni+2. The number of hydrogen-bond acceptors (Lipinski definition) is 0. The molecule has 64 valence electrons. The zero-order valence-corrected chi connectivity index (χ0v) is 8.55. The Labute approximate surface area is 87.6 Å². The van der Waals surface area contributed by atoms with Crippen LogP contribution in [0.3, 0.4) is 0 Å². The summed E-state index contributed by atoms with van der Waals surface area (Å²) in [5.41, 5.74) is 0. The molecule has 0 aliphatic heterocycles. The molecule has 0 saturated carbocycles. The molecule has 0 amide bonds. The van der Waals surface area contributed by atoms with Crippen LogP contribution in [0, 0.1) is 0 Å². The third-order valence-electron chi connectivity index (χ3n) is 1.52. The normalized spacial score (nSPS) is 18.7. The molecule has 11 heavy (non-hydrogen) atoms. The van der Waals surface area contributed by atoms with Gasteiger partial charge in [-0.1, -0.05) is 35.4 Å². The molecule has 0 atom stereocenters. The van der Waals surface area contributed by atoms with Crippen molar-refractivity contribution in [3.8, 4) is 0 Å². The van der Waals surface area contributed by atoms with Crippen molar-refractivity contribution < 1.29 is 16.5 Å². The fraction of sp³-hybridized carbons (Fsp3) is 0.500. The van der Waals surface area contributed by atoms with E-state index in [9.17, 15) is 0 Å². The van der Waals surface area contributed by atoms with Crippen LogP contribution in [-0.2, 0) is 16.5 Å². The molecule has 0 bridgehead atoms. The largest absolute Gasteiger partial charge is 2.00 e. The van der Waals surface area contributed by atoms with E-state index < -0.39 is 0 Å². The predicted molar refractivity (Wildman–Crippen MR) is 46.3 cm³/mol. The summed E-state index contributed by atoms with van der Waals surface area (Å²) in [5.74, 6) is 0. The van der Waals surface area contributed by atoms with Gasteiger partial charge in [0.2, 0.25) is 0 Å². The van der Waals surface area contributed by atoms with E-state index in [1.807, 2.05) is 0 Å². The number of allylic oxidation sites excluding steroid dienone is 4. The van der Waals surface area contributed by atoms with Crippen LogP contribution in [-0.4, -0.2) is 0 Å². The maximum absolute atomic E-state index is 5.86. The molecular weight excluding hydrogens is 226 g/mol. The second-order valence-corrected chi connectivity index (χ2v) is 3.27. The van der Waals surface area contributed by atoms with E-state index in [1.165, 1.54) is 0 Å². The van der Waals surface area contributed by atoms with E-state index in [0.29, 0.717) is 0 Å². The van der Waals surface area contributed by atoms with Gasteiger partial charge in [0.25, 0.3) is 0 Å². The maximum Gasteiger partial charge on any atom is 2.00 e. The fourth-order valence-corrected chi connectivity index (χ4v) is 1.33. The molecule has 0 heterocycles. The van der Waals surface area contributed by atoms with Gasteiger partial charge in [-0.25, -0.2) is 0 Å². The van der Waals surface area contributed by atoms with Gasteiger partial charge >= 0.3 is 16.5 Å². The summed E-state index contributed by atoms with van der Waals surface area (Å²) >= 11 is 11.7. The first-order chi connectivity index (χ1) is 4.80. The molecule has 0 fully saturated rings. The first kappa shape index (κ1) is 11.6. The summed E-state index contributed by atoms with van der Waals surface area (Å²) in [6.07, 6.45) is 8.16. The standard InChI is InChI=1S/C8H10Cl2.Ni/c9-7-5-3-1-2-4-6-8(7)10;/h1-2H,3-6H2;/q;+2.